The molecule has 0 saturated carbocycles. The highest BCUT2D eigenvalue weighted by Crippen LogP contribution is 2.28. The van der Waals surface area contributed by atoms with Crippen molar-refractivity contribution in [3.63, 3.8) is 0 Å². The third-order valence-corrected chi connectivity index (χ3v) is 8.78. The van der Waals surface area contributed by atoms with Gasteiger partial charge in [0.2, 0.25) is 21.8 Å². The van der Waals surface area contributed by atoms with Crippen LogP contribution in [-0.4, -0.2) is 61.7 Å². The van der Waals surface area contributed by atoms with E-state index in [1.807, 2.05) is 6.92 Å². The Labute approximate surface area is 194 Å². The van der Waals surface area contributed by atoms with Crippen LogP contribution in [0.1, 0.15) is 46.5 Å². The normalized spacial score (nSPS) is 20.1. The zero-order valence-electron chi connectivity index (χ0n) is 19.4. The van der Waals surface area contributed by atoms with Crippen molar-refractivity contribution in [3.8, 4) is 0 Å². The highest BCUT2D eigenvalue weighted by molar-refractivity contribution is 7.89. The largest absolute Gasteiger partial charge is 0.353 e. The standard InChI is InChI=1S/C23H33F2N3O4S/c1-15(2)16(3)26-22(29)17-6-10-27(11-7-17)23(30)18-8-12-28(13-9-18)33(31,32)21-14-19(24)4-5-20(21)25/h4-5,14-18H,6-13H2,1-3H3,(H,26,29). The molecule has 0 bridgehead atoms. The zero-order valence-corrected chi connectivity index (χ0v) is 20.2. The van der Waals surface area contributed by atoms with Crippen LogP contribution in [0.4, 0.5) is 8.78 Å². The molecule has 2 amide bonds. The number of hydrogen-bond acceptors (Lipinski definition) is 4. The Balaban J connectivity index is 1.52. The van der Waals surface area contributed by atoms with Gasteiger partial charge in [-0.3, -0.25) is 9.59 Å². The summed E-state index contributed by atoms with van der Waals surface area (Å²) in [5, 5.41) is 3.04. The number of sulfonamides is 1. The molecule has 2 aliphatic heterocycles. The molecule has 10 heteroatoms. The molecular weight excluding hydrogens is 452 g/mol. The molecule has 1 atom stereocenters. The number of halogens is 2. The van der Waals surface area contributed by atoms with E-state index in [4.69, 9.17) is 0 Å². The van der Waals surface area contributed by atoms with Crippen LogP contribution in [0.15, 0.2) is 23.1 Å². The van der Waals surface area contributed by atoms with E-state index in [1.54, 1.807) is 4.90 Å². The SMILES string of the molecule is CC(C)C(C)NC(=O)C1CCN(C(=O)C2CCN(S(=O)(=O)c3cc(F)ccc3F)CC2)CC1. The van der Waals surface area contributed by atoms with Crippen molar-refractivity contribution in [3.05, 3.63) is 29.8 Å². The molecule has 33 heavy (non-hydrogen) atoms. The maximum Gasteiger partial charge on any atom is 0.246 e. The maximum absolute atomic E-state index is 14.0. The number of amides is 2. The lowest BCUT2D eigenvalue weighted by molar-refractivity contribution is -0.140. The fourth-order valence-corrected chi connectivity index (χ4v) is 5.83. The number of likely N-dealkylation sites (tertiary alicyclic amines) is 1. The van der Waals surface area contributed by atoms with Gasteiger partial charge >= 0.3 is 0 Å². The van der Waals surface area contributed by atoms with E-state index in [-0.39, 0.29) is 42.8 Å². The molecule has 2 saturated heterocycles. The molecular formula is C23H33F2N3O4S. The molecule has 1 N–H and O–H groups in total. The number of rotatable bonds is 6. The average molecular weight is 486 g/mol. The molecule has 1 aromatic carbocycles. The van der Waals surface area contributed by atoms with E-state index < -0.39 is 26.6 Å². The highest BCUT2D eigenvalue weighted by Gasteiger charge is 2.36. The van der Waals surface area contributed by atoms with Gasteiger partial charge in [0.15, 0.2) is 0 Å². The van der Waals surface area contributed by atoms with Gasteiger partial charge in [0, 0.05) is 44.1 Å². The predicted molar refractivity (Wildman–Crippen MR) is 120 cm³/mol. The quantitative estimate of drug-likeness (QED) is 0.671. The average Bonchev–Trinajstić information content (AvgIpc) is 2.80. The fraction of sp³-hybridized carbons (Fsp3) is 0.652. The second kappa shape index (κ2) is 10.5. The van der Waals surface area contributed by atoms with Gasteiger partial charge in [-0.25, -0.2) is 17.2 Å². The Bertz CT molecular complexity index is 970. The second-order valence-electron chi connectivity index (χ2n) is 9.39. The van der Waals surface area contributed by atoms with Crippen LogP contribution in [0.2, 0.25) is 0 Å². The van der Waals surface area contributed by atoms with Gasteiger partial charge in [-0.2, -0.15) is 4.31 Å². The van der Waals surface area contributed by atoms with Crippen LogP contribution < -0.4 is 5.32 Å². The van der Waals surface area contributed by atoms with E-state index >= 15 is 0 Å². The summed E-state index contributed by atoms with van der Waals surface area (Å²) in [7, 11) is -4.17. The molecule has 3 rings (SSSR count). The van der Waals surface area contributed by atoms with E-state index in [9.17, 15) is 26.8 Å². The number of nitrogens with one attached hydrogen (secondary N) is 1. The first kappa shape index (κ1) is 25.6. The highest BCUT2D eigenvalue weighted by atomic mass is 32.2. The summed E-state index contributed by atoms with van der Waals surface area (Å²) in [6, 6.07) is 2.45. The summed E-state index contributed by atoms with van der Waals surface area (Å²) in [6.07, 6.45) is 1.85. The number of nitrogens with zero attached hydrogens (tertiary/aromatic N) is 2. The smallest absolute Gasteiger partial charge is 0.246 e. The number of hydrogen-bond donors (Lipinski definition) is 1. The van der Waals surface area contributed by atoms with Crippen molar-refractivity contribution < 1.29 is 26.8 Å². The van der Waals surface area contributed by atoms with Crippen molar-refractivity contribution in [1.29, 1.82) is 0 Å². The summed E-state index contributed by atoms with van der Waals surface area (Å²) in [6.45, 7) is 7.23. The van der Waals surface area contributed by atoms with Crippen LogP contribution >= 0.6 is 0 Å². The van der Waals surface area contributed by atoms with Crippen molar-refractivity contribution in [1.82, 2.24) is 14.5 Å². The summed E-state index contributed by atoms with van der Waals surface area (Å²) in [5.74, 6) is -1.89. The Kier molecular flexibility index (Phi) is 8.10. The van der Waals surface area contributed by atoms with Crippen molar-refractivity contribution in [2.45, 2.75) is 57.4 Å². The lowest BCUT2D eigenvalue weighted by Gasteiger charge is -2.37. The van der Waals surface area contributed by atoms with Gasteiger partial charge in [-0.15, -0.1) is 0 Å². The monoisotopic (exact) mass is 485 g/mol. The van der Waals surface area contributed by atoms with E-state index in [0.717, 1.165) is 16.4 Å². The Morgan fingerprint density at radius 2 is 1.55 bits per heavy atom. The maximum atomic E-state index is 14.0. The first-order valence-electron chi connectivity index (χ1n) is 11.5. The summed E-state index contributed by atoms with van der Waals surface area (Å²) < 4.78 is 54.1. The Morgan fingerprint density at radius 3 is 2.12 bits per heavy atom. The minimum absolute atomic E-state index is 0.0293. The van der Waals surface area contributed by atoms with Gasteiger partial charge in [-0.05, 0) is 56.7 Å². The molecule has 2 fully saturated rings. The van der Waals surface area contributed by atoms with Crippen molar-refractivity contribution in [2.75, 3.05) is 26.2 Å². The minimum Gasteiger partial charge on any atom is -0.353 e. The second-order valence-corrected chi connectivity index (χ2v) is 11.3. The van der Waals surface area contributed by atoms with Crippen LogP contribution in [0, 0.1) is 29.4 Å². The van der Waals surface area contributed by atoms with Gasteiger partial charge < -0.3 is 10.2 Å². The van der Waals surface area contributed by atoms with Crippen LogP contribution in [-0.2, 0) is 19.6 Å². The summed E-state index contributed by atoms with van der Waals surface area (Å²) >= 11 is 0. The molecule has 1 aromatic rings. The topological polar surface area (TPSA) is 86.8 Å². The van der Waals surface area contributed by atoms with E-state index in [0.29, 0.717) is 50.8 Å². The Morgan fingerprint density at radius 1 is 0.970 bits per heavy atom. The van der Waals surface area contributed by atoms with Crippen LogP contribution in [0.25, 0.3) is 0 Å². The van der Waals surface area contributed by atoms with Gasteiger partial charge in [0.1, 0.15) is 16.5 Å². The third kappa shape index (κ3) is 5.90. The van der Waals surface area contributed by atoms with Gasteiger partial charge in [-0.1, -0.05) is 13.8 Å². The lowest BCUT2D eigenvalue weighted by atomic mass is 9.92. The fourth-order valence-electron chi connectivity index (χ4n) is 4.29. The molecule has 184 valence electrons. The van der Waals surface area contributed by atoms with Crippen LogP contribution in [0.5, 0.6) is 0 Å². The van der Waals surface area contributed by atoms with Crippen LogP contribution in [0.3, 0.4) is 0 Å². The van der Waals surface area contributed by atoms with Crippen molar-refractivity contribution >= 4 is 21.8 Å². The molecule has 2 heterocycles. The predicted octanol–water partition coefficient (Wildman–Crippen LogP) is 2.76. The lowest BCUT2D eigenvalue weighted by Crippen LogP contribution is -2.49. The van der Waals surface area contributed by atoms with Crippen molar-refractivity contribution in [2.24, 2.45) is 17.8 Å². The molecule has 0 aromatic heterocycles. The molecule has 0 spiro atoms. The van der Waals surface area contributed by atoms with Gasteiger partial charge in [0.05, 0.1) is 0 Å². The number of benzene rings is 1. The number of carbonyl (C=O) groups excluding carboxylic acids is 2. The first-order chi connectivity index (χ1) is 15.5. The molecule has 7 nitrogen and oxygen atoms in total. The first-order valence-corrected chi connectivity index (χ1v) is 13.0. The summed E-state index contributed by atoms with van der Waals surface area (Å²) in [4.78, 5) is 26.5. The zero-order chi connectivity index (χ0) is 24.3. The summed E-state index contributed by atoms with van der Waals surface area (Å²) in [5.41, 5.74) is 0. The number of piperidine rings is 2. The number of carbonyl (C=O) groups is 2. The molecule has 2 aliphatic rings. The molecule has 0 radical (unpaired) electrons. The van der Waals surface area contributed by atoms with E-state index in [2.05, 4.69) is 19.2 Å². The minimum atomic E-state index is -4.17. The molecule has 0 aliphatic carbocycles. The van der Waals surface area contributed by atoms with Gasteiger partial charge in [0.25, 0.3) is 0 Å². The molecule has 1 unspecified atom stereocenters. The van der Waals surface area contributed by atoms with E-state index in [1.165, 1.54) is 0 Å². The third-order valence-electron chi connectivity index (χ3n) is 6.86. The Hall–Kier alpha value is -2.07.